The van der Waals surface area contributed by atoms with Crippen molar-refractivity contribution >= 4 is 17.5 Å². The molecular formula is C17H24ClN3O2. The molecule has 5 nitrogen and oxygen atoms in total. The van der Waals surface area contributed by atoms with Crippen LogP contribution in [0.3, 0.4) is 0 Å². The Kier molecular flexibility index (Phi) is 5.54. The maximum absolute atomic E-state index is 12.3. The van der Waals surface area contributed by atoms with Crippen LogP contribution in [0.5, 0.6) is 0 Å². The van der Waals surface area contributed by atoms with Crippen molar-refractivity contribution in [2.75, 3.05) is 45.8 Å². The Morgan fingerprint density at radius 1 is 1.17 bits per heavy atom. The zero-order valence-corrected chi connectivity index (χ0v) is 14.1. The molecule has 1 aromatic carbocycles. The number of hydrogen-bond acceptors (Lipinski definition) is 4. The smallest absolute Gasteiger partial charge is 0.236 e. The lowest BCUT2D eigenvalue weighted by atomic mass is 10.2. The number of β-amino-alcohol motifs (C(OH)–C–C–N with tert-alkyl or cyclic N) is 1. The third kappa shape index (κ3) is 4.67. The predicted octanol–water partition coefficient (Wildman–Crippen LogP) is 1.05. The van der Waals surface area contributed by atoms with Gasteiger partial charge in [0, 0.05) is 50.8 Å². The molecule has 0 radical (unpaired) electrons. The van der Waals surface area contributed by atoms with Gasteiger partial charge in [0.25, 0.3) is 0 Å². The first-order valence-electron chi connectivity index (χ1n) is 8.25. The van der Waals surface area contributed by atoms with Crippen LogP contribution in [0.1, 0.15) is 12.0 Å². The lowest BCUT2D eigenvalue weighted by Gasteiger charge is -2.35. The highest BCUT2D eigenvalue weighted by Crippen LogP contribution is 2.14. The summed E-state index contributed by atoms with van der Waals surface area (Å²) in [5.74, 6) is 0.182. The molecule has 0 saturated carbocycles. The van der Waals surface area contributed by atoms with Crippen LogP contribution in [-0.4, -0.2) is 77.6 Å². The van der Waals surface area contributed by atoms with E-state index in [1.54, 1.807) is 0 Å². The normalized spacial score (nSPS) is 23.4. The van der Waals surface area contributed by atoms with Gasteiger partial charge in [-0.1, -0.05) is 23.7 Å². The van der Waals surface area contributed by atoms with Crippen LogP contribution in [0.15, 0.2) is 24.3 Å². The average molecular weight is 338 g/mol. The number of halogens is 1. The average Bonchev–Trinajstić information content (AvgIpc) is 2.93. The van der Waals surface area contributed by atoms with Gasteiger partial charge in [0.15, 0.2) is 0 Å². The molecule has 0 unspecified atom stereocenters. The Bertz CT molecular complexity index is 546. The summed E-state index contributed by atoms with van der Waals surface area (Å²) in [5.41, 5.74) is 1.21. The molecule has 126 valence electrons. The summed E-state index contributed by atoms with van der Waals surface area (Å²) in [6.45, 7) is 6.09. The fraction of sp³-hybridized carbons (Fsp3) is 0.588. The molecule has 2 aliphatic rings. The number of aliphatic hydroxyl groups is 1. The van der Waals surface area contributed by atoms with Gasteiger partial charge in [-0.15, -0.1) is 0 Å². The van der Waals surface area contributed by atoms with Gasteiger partial charge in [0.1, 0.15) is 0 Å². The Hall–Kier alpha value is -1.14. The lowest BCUT2D eigenvalue weighted by Crippen LogP contribution is -2.50. The molecule has 2 heterocycles. The van der Waals surface area contributed by atoms with E-state index in [9.17, 15) is 9.90 Å². The van der Waals surface area contributed by atoms with Gasteiger partial charge < -0.3 is 10.0 Å². The number of nitrogens with zero attached hydrogens (tertiary/aromatic N) is 3. The molecule has 0 bridgehead atoms. The first-order chi connectivity index (χ1) is 11.1. The fourth-order valence-corrected chi connectivity index (χ4v) is 3.51. The van der Waals surface area contributed by atoms with E-state index in [2.05, 4.69) is 11.0 Å². The van der Waals surface area contributed by atoms with E-state index in [1.165, 1.54) is 5.56 Å². The molecule has 3 rings (SSSR count). The van der Waals surface area contributed by atoms with E-state index in [4.69, 9.17) is 11.6 Å². The Morgan fingerprint density at radius 3 is 2.61 bits per heavy atom. The number of rotatable bonds is 4. The number of aliphatic hydroxyl groups excluding tert-OH is 1. The molecule has 2 saturated heterocycles. The van der Waals surface area contributed by atoms with E-state index in [-0.39, 0.29) is 12.0 Å². The summed E-state index contributed by atoms with van der Waals surface area (Å²) in [6.07, 6.45) is 0.512. The molecule has 1 amide bonds. The summed E-state index contributed by atoms with van der Waals surface area (Å²) in [6, 6.07) is 7.94. The minimum Gasteiger partial charge on any atom is -0.392 e. The van der Waals surface area contributed by atoms with Gasteiger partial charge in [0.2, 0.25) is 5.91 Å². The summed E-state index contributed by atoms with van der Waals surface area (Å²) in [5, 5.41) is 10.3. The van der Waals surface area contributed by atoms with E-state index >= 15 is 0 Å². The lowest BCUT2D eigenvalue weighted by molar-refractivity contribution is -0.134. The summed E-state index contributed by atoms with van der Waals surface area (Å²) in [4.78, 5) is 18.7. The van der Waals surface area contributed by atoms with Crippen LogP contribution < -0.4 is 0 Å². The van der Waals surface area contributed by atoms with Crippen LogP contribution in [0.4, 0.5) is 0 Å². The fourth-order valence-electron chi connectivity index (χ4n) is 3.30. The van der Waals surface area contributed by atoms with E-state index < -0.39 is 0 Å². The van der Waals surface area contributed by atoms with E-state index in [0.29, 0.717) is 13.1 Å². The van der Waals surface area contributed by atoms with Gasteiger partial charge in [-0.3, -0.25) is 14.6 Å². The SMILES string of the molecule is O=C(CN1CC[C@@H](O)C1)N1CCN(Cc2cccc(Cl)c2)CC1. The molecular weight excluding hydrogens is 314 g/mol. The number of likely N-dealkylation sites (tertiary alicyclic amines) is 1. The van der Waals surface area contributed by atoms with Crippen molar-refractivity contribution < 1.29 is 9.90 Å². The van der Waals surface area contributed by atoms with Gasteiger partial charge in [-0.2, -0.15) is 0 Å². The molecule has 6 heteroatoms. The van der Waals surface area contributed by atoms with Crippen molar-refractivity contribution in [1.82, 2.24) is 14.7 Å². The Labute approximate surface area is 142 Å². The summed E-state index contributed by atoms with van der Waals surface area (Å²) in [7, 11) is 0. The molecule has 1 aromatic rings. The molecule has 1 atom stereocenters. The highest BCUT2D eigenvalue weighted by atomic mass is 35.5. The number of benzene rings is 1. The van der Waals surface area contributed by atoms with Gasteiger partial charge in [-0.05, 0) is 24.1 Å². The largest absolute Gasteiger partial charge is 0.392 e. The van der Waals surface area contributed by atoms with Crippen LogP contribution in [0, 0.1) is 0 Å². The van der Waals surface area contributed by atoms with E-state index in [1.807, 2.05) is 28.0 Å². The third-order valence-electron chi connectivity index (χ3n) is 4.63. The molecule has 2 fully saturated rings. The van der Waals surface area contributed by atoms with Gasteiger partial charge in [-0.25, -0.2) is 0 Å². The highest BCUT2D eigenvalue weighted by Gasteiger charge is 2.26. The first-order valence-corrected chi connectivity index (χ1v) is 8.63. The predicted molar refractivity (Wildman–Crippen MR) is 90.4 cm³/mol. The monoisotopic (exact) mass is 337 g/mol. The third-order valence-corrected chi connectivity index (χ3v) is 4.86. The van der Waals surface area contributed by atoms with Crippen molar-refractivity contribution in [3.63, 3.8) is 0 Å². The standard InChI is InChI=1S/C17H24ClN3O2/c18-15-3-1-2-14(10-15)11-19-6-8-21(9-7-19)17(23)13-20-5-4-16(22)12-20/h1-3,10,16,22H,4-9,11-13H2/t16-/m1/s1. The van der Waals surface area contributed by atoms with E-state index in [0.717, 1.165) is 50.7 Å². The molecule has 2 aliphatic heterocycles. The molecule has 0 aromatic heterocycles. The second-order valence-corrected chi connectivity index (χ2v) is 6.90. The maximum atomic E-state index is 12.3. The number of carbonyl (C=O) groups is 1. The van der Waals surface area contributed by atoms with Crippen LogP contribution in [0.2, 0.25) is 5.02 Å². The van der Waals surface area contributed by atoms with Crippen molar-refractivity contribution in [2.45, 2.75) is 19.1 Å². The second kappa shape index (κ2) is 7.62. The Balaban J connectivity index is 1.43. The van der Waals surface area contributed by atoms with Crippen LogP contribution in [-0.2, 0) is 11.3 Å². The minimum atomic E-state index is -0.266. The number of carbonyl (C=O) groups excluding carboxylic acids is 1. The van der Waals surface area contributed by atoms with Crippen LogP contribution in [0.25, 0.3) is 0 Å². The zero-order valence-electron chi connectivity index (χ0n) is 13.3. The summed E-state index contributed by atoms with van der Waals surface area (Å²) >= 11 is 6.02. The number of amides is 1. The topological polar surface area (TPSA) is 47.0 Å². The minimum absolute atomic E-state index is 0.182. The van der Waals surface area contributed by atoms with Crippen molar-refractivity contribution in [1.29, 1.82) is 0 Å². The molecule has 0 spiro atoms. The number of piperazine rings is 1. The molecule has 23 heavy (non-hydrogen) atoms. The molecule has 0 aliphatic carbocycles. The quantitative estimate of drug-likeness (QED) is 0.892. The van der Waals surface area contributed by atoms with Gasteiger partial charge >= 0.3 is 0 Å². The molecule has 1 N–H and O–H groups in total. The maximum Gasteiger partial charge on any atom is 0.236 e. The number of hydrogen-bond donors (Lipinski definition) is 1. The van der Waals surface area contributed by atoms with Gasteiger partial charge in [0.05, 0.1) is 12.6 Å². The summed E-state index contributed by atoms with van der Waals surface area (Å²) < 4.78 is 0. The van der Waals surface area contributed by atoms with Crippen molar-refractivity contribution in [3.05, 3.63) is 34.9 Å². The van der Waals surface area contributed by atoms with Crippen molar-refractivity contribution in [3.8, 4) is 0 Å². The van der Waals surface area contributed by atoms with Crippen molar-refractivity contribution in [2.24, 2.45) is 0 Å². The zero-order chi connectivity index (χ0) is 16.2. The Morgan fingerprint density at radius 2 is 1.96 bits per heavy atom. The highest BCUT2D eigenvalue weighted by molar-refractivity contribution is 6.30. The second-order valence-electron chi connectivity index (χ2n) is 6.46. The van der Waals surface area contributed by atoms with Crippen LogP contribution >= 0.6 is 11.6 Å². The first kappa shape index (κ1) is 16.7.